The molecule has 3 aliphatic heterocycles. The van der Waals surface area contributed by atoms with Gasteiger partial charge < -0.3 is 25.8 Å². The number of imidazole rings is 1. The summed E-state index contributed by atoms with van der Waals surface area (Å²) < 4.78 is 15.5. The molecule has 0 aromatic carbocycles. The number of nitrogens with two attached hydrogens (primary N) is 2. The van der Waals surface area contributed by atoms with Crippen LogP contribution < -0.4 is 21.9 Å². The fraction of sp³-hybridized carbons (Fsp3) is 0.594. The number of ether oxygens (including phenoxy) is 2. The molecule has 13 heteroatoms. The molecule has 0 unspecified atom stereocenters. The van der Waals surface area contributed by atoms with Crippen LogP contribution in [0.5, 0.6) is 5.88 Å². The second kappa shape index (κ2) is 11.3. The number of hydrogen-bond acceptors (Lipinski definition) is 11. The number of likely N-dealkylation sites (N-methyl/N-ethyl adjacent to an activating group) is 1. The lowest BCUT2D eigenvalue weighted by Crippen LogP contribution is -2.48. The Kier molecular flexibility index (Phi) is 7.49. The predicted octanol–water partition coefficient (Wildman–Crippen LogP) is 3.32. The molecule has 2 aliphatic carbocycles. The van der Waals surface area contributed by atoms with Gasteiger partial charge in [0.05, 0.1) is 23.8 Å². The number of aromatic nitrogens is 4. The number of fused-ring (bicyclic) bond motifs is 3. The monoisotopic (exact) mass is 632 g/mol. The largest absolute Gasteiger partial charge is 0.474 e. The van der Waals surface area contributed by atoms with Crippen molar-refractivity contribution in [1.82, 2.24) is 24.0 Å². The number of Topliss-reactive ketones (excluding diaryl/α,β-unsaturated/α-hetero) is 1. The van der Waals surface area contributed by atoms with Crippen LogP contribution in [0.25, 0.3) is 11.2 Å². The Morgan fingerprint density at radius 1 is 1.24 bits per heavy atom. The van der Waals surface area contributed by atoms with E-state index in [1.165, 1.54) is 15.9 Å². The third-order valence-electron chi connectivity index (χ3n) is 10.3. The molecule has 2 bridgehead atoms. The standard InChI is InChI=1S/C32H40N8O4S/c1-4-7-20(24(34)19-9-5-10-22-23(19)21(14-33)27(35)45-22)26(41)28-36-29-25(30(37-28)43-15-17-8-6-11-38(17)2)39(3)31(42)40(29)32-12-18(13-32)44-16-32/h17-19H,4-13,15-16,34-35H2,1-3H3/b24-20-/t17-,18?,19-,32?/m0/s1. The van der Waals surface area contributed by atoms with Gasteiger partial charge in [0.1, 0.15) is 17.7 Å². The molecule has 0 radical (unpaired) electrons. The minimum absolute atomic E-state index is 0.0458. The molecule has 4 N–H and O–H groups in total. The molecule has 6 heterocycles. The summed E-state index contributed by atoms with van der Waals surface area (Å²) in [6.45, 7) is 3.79. The summed E-state index contributed by atoms with van der Waals surface area (Å²) in [5.41, 5.74) is 15.4. The first kappa shape index (κ1) is 30.0. The van der Waals surface area contributed by atoms with E-state index in [4.69, 9.17) is 30.9 Å². The molecular formula is C32H40N8O4S. The molecule has 3 aromatic rings. The van der Waals surface area contributed by atoms with Crippen LogP contribution in [0.2, 0.25) is 0 Å². The van der Waals surface area contributed by atoms with Gasteiger partial charge >= 0.3 is 5.69 Å². The molecule has 238 valence electrons. The van der Waals surface area contributed by atoms with Crippen LogP contribution in [-0.4, -0.2) is 68.7 Å². The maximum absolute atomic E-state index is 14.5. The minimum Gasteiger partial charge on any atom is -0.474 e. The van der Waals surface area contributed by atoms with Crippen LogP contribution in [-0.2, 0) is 23.7 Å². The van der Waals surface area contributed by atoms with Crippen molar-refractivity contribution in [1.29, 1.82) is 5.26 Å². The average molecular weight is 633 g/mol. The minimum atomic E-state index is -0.495. The molecular weight excluding hydrogens is 592 g/mol. The Balaban J connectivity index is 1.36. The van der Waals surface area contributed by atoms with E-state index in [2.05, 4.69) is 18.0 Å². The predicted molar refractivity (Wildman–Crippen MR) is 170 cm³/mol. The van der Waals surface area contributed by atoms with Gasteiger partial charge in [-0.15, -0.1) is 11.3 Å². The van der Waals surface area contributed by atoms with Crippen LogP contribution in [0, 0.1) is 11.3 Å². The number of rotatable bonds is 9. The molecule has 5 aliphatic rings. The number of aryl methyl sites for hydroxylation is 2. The van der Waals surface area contributed by atoms with Gasteiger partial charge in [-0.25, -0.2) is 9.78 Å². The normalized spacial score (nSPS) is 26.4. The molecule has 12 nitrogen and oxygen atoms in total. The number of carbonyl (C=O) groups excluding carboxylic acids is 1. The van der Waals surface area contributed by atoms with E-state index >= 15 is 0 Å². The number of allylic oxidation sites excluding steroid dienone is 2. The van der Waals surface area contributed by atoms with E-state index in [0.717, 1.165) is 61.9 Å². The maximum Gasteiger partial charge on any atom is 0.330 e. The van der Waals surface area contributed by atoms with Crippen molar-refractivity contribution >= 4 is 33.3 Å². The molecule has 3 aromatic heterocycles. The van der Waals surface area contributed by atoms with E-state index in [1.807, 2.05) is 6.92 Å². The smallest absolute Gasteiger partial charge is 0.330 e. The Morgan fingerprint density at radius 2 is 2.04 bits per heavy atom. The molecule has 4 fully saturated rings. The zero-order chi connectivity index (χ0) is 31.6. The first-order valence-electron chi connectivity index (χ1n) is 16.0. The van der Waals surface area contributed by atoms with Crippen LogP contribution >= 0.6 is 11.3 Å². The Hall–Kier alpha value is -3.73. The topological polar surface area (TPSA) is 167 Å². The van der Waals surface area contributed by atoms with E-state index < -0.39 is 5.54 Å². The number of likely N-dealkylation sites (tertiary alicyclic amines) is 1. The highest BCUT2D eigenvalue weighted by Gasteiger charge is 2.55. The average Bonchev–Trinajstić information content (AvgIpc) is 3.83. The van der Waals surface area contributed by atoms with E-state index in [0.29, 0.717) is 59.1 Å². The summed E-state index contributed by atoms with van der Waals surface area (Å²) in [6, 6.07) is 2.48. The lowest BCUT2D eigenvalue weighted by molar-refractivity contribution is 0.101. The SMILES string of the molecule is CCC/C(C(=O)c1nc(OC[C@@H]2CCCN2C)c2c(n1)n(C13COC(C1)C3)c(=O)n2C)=C(/N)[C@H]1CCCc2sc(N)c(C#N)c21. The highest BCUT2D eigenvalue weighted by Crippen LogP contribution is 2.49. The van der Waals surface area contributed by atoms with Gasteiger partial charge in [-0.3, -0.25) is 13.9 Å². The zero-order valence-electron chi connectivity index (χ0n) is 26.1. The van der Waals surface area contributed by atoms with Crippen molar-refractivity contribution in [2.45, 2.75) is 88.3 Å². The van der Waals surface area contributed by atoms with Crippen LogP contribution in [0.15, 0.2) is 16.1 Å². The summed E-state index contributed by atoms with van der Waals surface area (Å²) in [4.78, 5) is 41.1. The van der Waals surface area contributed by atoms with Gasteiger partial charge in [0.2, 0.25) is 17.5 Å². The van der Waals surface area contributed by atoms with Crippen molar-refractivity contribution in [2.75, 3.05) is 32.5 Å². The van der Waals surface area contributed by atoms with Gasteiger partial charge in [0.15, 0.2) is 11.2 Å². The van der Waals surface area contributed by atoms with E-state index in [9.17, 15) is 14.9 Å². The van der Waals surface area contributed by atoms with Crippen molar-refractivity contribution in [2.24, 2.45) is 12.8 Å². The molecule has 1 saturated carbocycles. The van der Waals surface area contributed by atoms with Gasteiger partial charge in [-0.1, -0.05) is 13.3 Å². The van der Waals surface area contributed by atoms with Gasteiger partial charge in [0.25, 0.3) is 0 Å². The number of nitrogen functional groups attached to an aromatic ring is 1. The second-order valence-corrected chi connectivity index (χ2v) is 14.2. The third-order valence-corrected chi connectivity index (χ3v) is 11.4. The number of nitriles is 1. The molecule has 2 atom stereocenters. The quantitative estimate of drug-likeness (QED) is 0.264. The highest BCUT2D eigenvalue weighted by molar-refractivity contribution is 7.16. The van der Waals surface area contributed by atoms with Crippen molar-refractivity contribution in [3.05, 3.63) is 43.6 Å². The summed E-state index contributed by atoms with van der Waals surface area (Å²) in [6.07, 6.45) is 7.20. The van der Waals surface area contributed by atoms with Crippen LogP contribution in [0.3, 0.4) is 0 Å². The number of anilines is 1. The number of hydrogen-bond donors (Lipinski definition) is 2. The zero-order valence-corrected chi connectivity index (χ0v) is 26.9. The molecule has 0 spiro atoms. The summed E-state index contributed by atoms with van der Waals surface area (Å²) in [5, 5.41) is 10.4. The van der Waals surface area contributed by atoms with Crippen LogP contribution in [0.1, 0.15) is 90.8 Å². The van der Waals surface area contributed by atoms with Gasteiger partial charge in [-0.05, 0) is 70.5 Å². The molecule has 45 heavy (non-hydrogen) atoms. The maximum atomic E-state index is 14.5. The number of nitrogens with zero attached hydrogens (tertiary/aromatic N) is 6. The van der Waals surface area contributed by atoms with Crippen molar-refractivity contribution < 1.29 is 14.3 Å². The van der Waals surface area contributed by atoms with Crippen LogP contribution in [0.4, 0.5) is 5.00 Å². The van der Waals surface area contributed by atoms with E-state index in [-0.39, 0.29) is 41.2 Å². The Labute approximate surface area is 265 Å². The van der Waals surface area contributed by atoms with Crippen molar-refractivity contribution in [3.63, 3.8) is 0 Å². The van der Waals surface area contributed by atoms with E-state index in [1.54, 1.807) is 11.6 Å². The fourth-order valence-electron chi connectivity index (χ4n) is 7.83. The van der Waals surface area contributed by atoms with Gasteiger partial charge in [-0.2, -0.15) is 10.2 Å². The number of carbonyl (C=O) groups is 1. The first-order valence-corrected chi connectivity index (χ1v) is 16.8. The lowest BCUT2D eigenvalue weighted by Gasteiger charge is -2.36. The fourth-order valence-corrected chi connectivity index (χ4v) is 8.96. The number of thiophene rings is 1. The summed E-state index contributed by atoms with van der Waals surface area (Å²) in [7, 11) is 3.77. The summed E-state index contributed by atoms with van der Waals surface area (Å²) >= 11 is 1.43. The Bertz CT molecular complexity index is 1820. The molecule has 0 amide bonds. The van der Waals surface area contributed by atoms with Crippen molar-refractivity contribution in [3.8, 4) is 11.9 Å². The molecule has 8 rings (SSSR count). The third kappa shape index (κ3) is 4.68. The lowest BCUT2D eigenvalue weighted by atomic mass is 9.78. The number of ketones is 1. The summed E-state index contributed by atoms with van der Waals surface area (Å²) in [5.74, 6) is -0.505. The van der Waals surface area contributed by atoms with Gasteiger partial charge in [0, 0.05) is 35.2 Å². The Morgan fingerprint density at radius 3 is 2.71 bits per heavy atom. The molecule has 3 saturated heterocycles. The highest BCUT2D eigenvalue weighted by atomic mass is 32.1. The second-order valence-electron chi connectivity index (χ2n) is 13.1. The first-order chi connectivity index (χ1) is 21.7.